The van der Waals surface area contributed by atoms with Crippen LogP contribution >= 0.6 is 22.7 Å². The van der Waals surface area contributed by atoms with Crippen LogP contribution in [0.15, 0.2) is 255 Å². The van der Waals surface area contributed by atoms with Crippen LogP contribution in [0.5, 0.6) is 0 Å². The number of fused-ring (bicyclic) bond motifs is 14. The van der Waals surface area contributed by atoms with E-state index < -0.39 is 0 Å². The molecule has 0 saturated heterocycles. The van der Waals surface area contributed by atoms with Crippen molar-refractivity contribution in [3.8, 4) is 73.1 Å². The van der Waals surface area contributed by atoms with Crippen LogP contribution in [0, 0.1) is 17.9 Å². The molecule has 0 aliphatic rings. The molecule has 370 valence electrons. The molecule has 6 heteroatoms. The molecule has 0 amide bonds. The highest BCUT2D eigenvalue weighted by atomic mass is 32.1. The summed E-state index contributed by atoms with van der Waals surface area (Å²) in [6.45, 7) is 9.50. The number of thiophene rings is 2. The van der Waals surface area contributed by atoms with E-state index in [-0.39, 0.29) is 0 Å². The first-order valence-corrected chi connectivity index (χ1v) is 28.4. The SMILES string of the molecule is [C-]#[N+]c1c(-c2ccccc2)c(C#N)c(-n2c3c(ccc4c5cccc(-c6ccccc6)c5sc43)c3ccc4c5cccc(-c6ccccc6)c5sc4c32)c(-c2ccccc2)c1-n1c2ccccc2c2cc(-c3ccccc3)ccc21. The molecule has 0 aliphatic carbocycles. The molecular weight excluding hydrogens is 1010 g/mol. The Morgan fingerprint density at radius 1 is 0.338 bits per heavy atom. The molecule has 16 rings (SSSR count). The maximum atomic E-state index is 12.4. The van der Waals surface area contributed by atoms with Gasteiger partial charge in [0.05, 0.1) is 55.0 Å². The number of benzene rings is 12. The maximum Gasteiger partial charge on any atom is 0.220 e. The fourth-order valence-corrected chi connectivity index (χ4v) is 15.5. The molecule has 0 bridgehead atoms. The monoisotopic (exact) mass is 1050 g/mol. The van der Waals surface area contributed by atoms with Crippen molar-refractivity contribution in [2.45, 2.75) is 0 Å². The summed E-state index contributed by atoms with van der Waals surface area (Å²) in [5, 5.41) is 21.4. The Morgan fingerprint density at radius 2 is 0.775 bits per heavy atom. The first kappa shape index (κ1) is 45.8. The minimum Gasteiger partial charge on any atom is -0.318 e. The zero-order valence-corrected chi connectivity index (χ0v) is 44.5. The molecule has 4 nitrogen and oxygen atoms in total. The van der Waals surface area contributed by atoms with E-state index in [0.29, 0.717) is 16.8 Å². The number of nitriles is 1. The van der Waals surface area contributed by atoms with Gasteiger partial charge in [0.15, 0.2) is 0 Å². The summed E-state index contributed by atoms with van der Waals surface area (Å²) in [6.07, 6.45) is 0. The Kier molecular flexibility index (Phi) is 10.4. The molecule has 0 spiro atoms. The Labute approximate surface area is 468 Å². The first-order chi connectivity index (χ1) is 39.7. The van der Waals surface area contributed by atoms with Crippen LogP contribution in [0.2, 0.25) is 0 Å². The summed E-state index contributed by atoms with van der Waals surface area (Å²) in [5.41, 5.74) is 16.3. The van der Waals surface area contributed by atoms with Gasteiger partial charge in [-0.2, -0.15) is 5.26 Å². The van der Waals surface area contributed by atoms with Crippen LogP contribution in [0.3, 0.4) is 0 Å². The van der Waals surface area contributed by atoms with E-state index in [0.717, 1.165) is 114 Å². The van der Waals surface area contributed by atoms with Gasteiger partial charge in [-0.05, 0) is 62.7 Å². The highest BCUT2D eigenvalue weighted by molar-refractivity contribution is 7.28. The average Bonchev–Trinajstić information content (AvgIpc) is 4.38. The zero-order chi connectivity index (χ0) is 53.0. The van der Waals surface area contributed by atoms with Crippen LogP contribution in [-0.2, 0) is 0 Å². The molecule has 0 saturated carbocycles. The van der Waals surface area contributed by atoms with Crippen molar-refractivity contribution >= 4 is 112 Å². The average molecular weight is 1050 g/mol. The van der Waals surface area contributed by atoms with Crippen LogP contribution < -0.4 is 0 Å². The van der Waals surface area contributed by atoms with E-state index >= 15 is 0 Å². The van der Waals surface area contributed by atoms with Crippen molar-refractivity contribution in [3.05, 3.63) is 272 Å². The van der Waals surface area contributed by atoms with E-state index in [4.69, 9.17) is 0 Å². The highest BCUT2D eigenvalue weighted by Gasteiger charge is 2.33. The first-order valence-electron chi connectivity index (χ1n) is 26.8. The van der Waals surface area contributed by atoms with Gasteiger partial charge in [-0.3, -0.25) is 0 Å². The minimum atomic E-state index is 0.407. The molecule has 4 aromatic heterocycles. The van der Waals surface area contributed by atoms with Gasteiger partial charge in [-0.15, -0.1) is 22.7 Å². The number of rotatable bonds is 7. The van der Waals surface area contributed by atoms with E-state index in [1.54, 1.807) is 0 Å². The van der Waals surface area contributed by atoms with Crippen LogP contribution in [0.1, 0.15) is 5.56 Å². The molecule has 80 heavy (non-hydrogen) atoms. The van der Waals surface area contributed by atoms with E-state index in [9.17, 15) is 11.8 Å². The summed E-state index contributed by atoms with van der Waals surface area (Å²) < 4.78 is 9.45. The second kappa shape index (κ2) is 18.1. The van der Waals surface area contributed by atoms with Gasteiger partial charge in [0.25, 0.3) is 0 Å². The second-order valence-electron chi connectivity index (χ2n) is 20.4. The normalized spacial score (nSPS) is 11.7. The van der Waals surface area contributed by atoms with Crippen molar-refractivity contribution in [2.75, 3.05) is 0 Å². The molecule has 0 fully saturated rings. The smallest absolute Gasteiger partial charge is 0.220 e. The Hall–Kier alpha value is -10.3. The lowest BCUT2D eigenvalue weighted by Gasteiger charge is -2.26. The molecule has 0 atom stereocenters. The summed E-state index contributed by atoms with van der Waals surface area (Å²) in [7, 11) is 0. The van der Waals surface area contributed by atoms with Gasteiger partial charge < -0.3 is 9.13 Å². The van der Waals surface area contributed by atoms with E-state index in [1.165, 1.54) is 31.3 Å². The topological polar surface area (TPSA) is 38.0 Å². The minimum absolute atomic E-state index is 0.407. The lowest BCUT2D eigenvalue weighted by atomic mass is 9.88. The summed E-state index contributed by atoms with van der Waals surface area (Å²) in [4.78, 5) is 4.63. The van der Waals surface area contributed by atoms with Crippen molar-refractivity contribution in [1.82, 2.24) is 9.13 Å². The third-order valence-corrected chi connectivity index (χ3v) is 18.7. The fourth-order valence-electron chi connectivity index (χ4n) is 12.8. The molecule has 4 heterocycles. The molecule has 0 aliphatic heterocycles. The summed E-state index contributed by atoms with van der Waals surface area (Å²) >= 11 is 3.64. The quantitative estimate of drug-likeness (QED) is 0.147. The van der Waals surface area contributed by atoms with Gasteiger partial charge in [0.2, 0.25) is 5.69 Å². The number of hydrogen-bond donors (Lipinski definition) is 0. The second-order valence-corrected chi connectivity index (χ2v) is 22.4. The summed E-state index contributed by atoms with van der Waals surface area (Å²) in [5.74, 6) is 0. The highest BCUT2D eigenvalue weighted by Crippen LogP contribution is 2.55. The number of hydrogen-bond acceptors (Lipinski definition) is 3. The maximum absolute atomic E-state index is 12.4. The number of aromatic nitrogens is 2. The van der Waals surface area contributed by atoms with Crippen molar-refractivity contribution in [3.63, 3.8) is 0 Å². The lowest BCUT2D eigenvalue weighted by molar-refractivity contribution is 1.14. The largest absolute Gasteiger partial charge is 0.318 e. The Balaban J connectivity index is 1.16. The van der Waals surface area contributed by atoms with Crippen molar-refractivity contribution < 1.29 is 0 Å². The van der Waals surface area contributed by atoms with Crippen LogP contribution in [-0.4, -0.2) is 9.13 Å². The zero-order valence-electron chi connectivity index (χ0n) is 42.9. The van der Waals surface area contributed by atoms with Gasteiger partial charge >= 0.3 is 0 Å². The predicted molar refractivity (Wildman–Crippen MR) is 339 cm³/mol. The lowest BCUT2D eigenvalue weighted by Crippen LogP contribution is -2.09. The molecule has 0 radical (unpaired) electrons. The molecule has 16 aromatic rings. The summed E-state index contributed by atoms with van der Waals surface area (Å²) in [6, 6.07) is 93.3. The third kappa shape index (κ3) is 6.71. The van der Waals surface area contributed by atoms with Gasteiger partial charge in [-0.1, -0.05) is 237 Å². The Morgan fingerprint density at radius 3 is 1.30 bits per heavy atom. The number of nitrogens with zero attached hydrogens (tertiary/aromatic N) is 4. The third-order valence-electron chi connectivity index (χ3n) is 16.2. The molecular formula is C74H42N4S2. The van der Waals surface area contributed by atoms with Crippen LogP contribution in [0.4, 0.5) is 5.69 Å². The van der Waals surface area contributed by atoms with E-state index in [1.807, 2.05) is 46.9 Å². The molecule has 0 unspecified atom stereocenters. The van der Waals surface area contributed by atoms with Crippen LogP contribution in [0.25, 0.3) is 156 Å². The fraction of sp³-hybridized carbons (Fsp3) is 0. The van der Waals surface area contributed by atoms with Gasteiger partial charge in [-0.25, -0.2) is 4.85 Å². The van der Waals surface area contributed by atoms with E-state index in [2.05, 4.69) is 251 Å². The standard InChI is InChI=1S/C74H42N4S2/c1-76-66-64(48-27-13-5-14-28-48)61(44-75)67(65(49-29-15-6-16-30-49)70(66)77-62-36-18-17-31-53(62)60-43-50(37-42-63(60)77)45-21-7-2-8-22-45)78-68-54(38-40-58-56-34-19-32-51(71(56)79-73(58)68)46-23-9-3-10-24-46)55-39-41-59-57-35-20-33-52(47-25-11-4-12-26-47)72(57)80-74(59)69(55)78/h2-43H. The van der Waals surface area contributed by atoms with Crippen molar-refractivity contribution in [2.24, 2.45) is 0 Å². The van der Waals surface area contributed by atoms with Crippen molar-refractivity contribution in [1.29, 1.82) is 5.26 Å². The number of para-hydroxylation sites is 1. The molecule has 12 aromatic carbocycles. The Bertz CT molecular complexity index is 5120. The predicted octanol–water partition coefficient (Wildman–Crippen LogP) is 21.4. The van der Waals surface area contributed by atoms with Gasteiger partial charge in [0.1, 0.15) is 6.07 Å². The van der Waals surface area contributed by atoms with Gasteiger partial charge in [0, 0.05) is 63.6 Å². The molecule has 0 N–H and O–H groups in total.